The Morgan fingerprint density at radius 3 is 2.57 bits per heavy atom. The summed E-state index contributed by atoms with van der Waals surface area (Å²) in [5.41, 5.74) is 1.19. The van der Waals surface area contributed by atoms with Crippen LogP contribution in [0.15, 0.2) is 29.5 Å². The number of methoxy groups -OCH3 is 1. The summed E-state index contributed by atoms with van der Waals surface area (Å²) in [7, 11) is 2.79. The van der Waals surface area contributed by atoms with Gasteiger partial charge in [-0.2, -0.15) is 0 Å². The zero-order valence-corrected chi connectivity index (χ0v) is 11.9. The van der Waals surface area contributed by atoms with Crippen LogP contribution in [0.1, 0.15) is 18.5 Å². The molecule has 1 aromatic rings. The lowest BCUT2D eigenvalue weighted by molar-refractivity contribution is -0.136. The van der Waals surface area contributed by atoms with Crippen molar-refractivity contribution in [3.63, 3.8) is 0 Å². The monoisotopic (exact) mass is 292 g/mol. The summed E-state index contributed by atoms with van der Waals surface area (Å²) in [6, 6.07) is 2.97. The Morgan fingerprint density at radius 1 is 1.33 bits per heavy atom. The molecule has 2 rings (SSSR count). The molecule has 0 saturated heterocycles. The Kier molecular flexibility index (Phi) is 3.75. The highest BCUT2D eigenvalue weighted by molar-refractivity contribution is 5.94. The van der Waals surface area contributed by atoms with Crippen molar-refractivity contribution in [3.05, 3.63) is 35.0 Å². The van der Waals surface area contributed by atoms with E-state index in [-0.39, 0.29) is 23.1 Å². The van der Waals surface area contributed by atoms with Crippen LogP contribution in [0.2, 0.25) is 0 Å². The van der Waals surface area contributed by atoms with Gasteiger partial charge in [0.05, 0.1) is 18.7 Å². The summed E-state index contributed by atoms with van der Waals surface area (Å²) in [6.45, 7) is 1.64. The van der Waals surface area contributed by atoms with Crippen LogP contribution >= 0.6 is 0 Å². The van der Waals surface area contributed by atoms with Crippen LogP contribution in [0.25, 0.3) is 0 Å². The summed E-state index contributed by atoms with van der Waals surface area (Å²) in [5, 5.41) is 21.6. The Morgan fingerprint density at radius 2 is 2.00 bits per heavy atom. The fourth-order valence-corrected chi connectivity index (χ4v) is 2.18. The predicted octanol–water partition coefficient (Wildman–Crippen LogP) is 1.24. The molecule has 7 nitrogen and oxygen atoms in total. The number of benzene rings is 1. The molecule has 1 atom stereocenters. The third-order valence-electron chi connectivity index (χ3n) is 3.49. The Balaban J connectivity index is 2.56. The molecule has 112 valence electrons. The SMILES string of the molecule is COC(=O)C1=C(C)N(C)C(=O)N[C@@H]1c1ccc(O)c(O)c1. The van der Waals surface area contributed by atoms with Crippen LogP contribution in [0.3, 0.4) is 0 Å². The van der Waals surface area contributed by atoms with E-state index < -0.39 is 12.0 Å². The molecule has 0 saturated carbocycles. The van der Waals surface area contributed by atoms with Gasteiger partial charge in [-0.1, -0.05) is 6.07 Å². The number of ether oxygens (including phenoxy) is 1. The number of esters is 1. The van der Waals surface area contributed by atoms with E-state index in [1.54, 1.807) is 6.92 Å². The summed E-state index contributed by atoms with van der Waals surface area (Å²) in [5.74, 6) is -1.18. The van der Waals surface area contributed by atoms with Gasteiger partial charge in [0.15, 0.2) is 11.5 Å². The zero-order chi connectivity index (χ0) is 15.7. The molecule has 1 aliphatic heterocycles. The number of phenols is 2. The average molecular weight is 292 g/mol. The maximum absolute atomic E-state index is 12.0. The predicted molar refractivity (Wildman–Crippen MR) is 73.5 cm³/mol. The van der Waals surface area contributed by atoms with E-state index in [2.05, 4.69) is 5.32 Å². The van der Waals surface area contributed by atoms with E-state index in [9.17, 15) is 19.8 Å². The third kappa shape index (κ3) is 2.49. The van der Waals surface area contributed by atoms with Gasteiger partial charge in [-0.05, 0) is 24.6 Å². The van der Waals surface area contributed by atoms with Crippen molar-refractivity contribution in [1.82, 2.24) is 10.2 Å². The number of hydrogen-bond donors (Lipinski definition) is 3. The lowest BCUT2D eigenvalue weighted by Gasteiger charge is -2.33. The molecule has 1 heterocycles. The lowest BCUT2D eigenvalue weighted by atomic mass is 9.95. The maximum atomic E-state index is 12.0. The second-order valence-electron chi connectivity index (χ2n) is 4.68. The minimum Gasteiger partial charge on any atom is -0.504 e. The molecule has 1 aromatic carbocycles. The van der Waals surface area contributed by atoms with E-state index in [0.717, 1.165) is 0 Å². The topological polar surface area (TPSA) is 99.1 Å². The van der Waals surface area contributed by atoms with Crippen molar-refractivity contribution in [1.29, 1.82) is 0 Å². The van der Waals surface area contributed by atoms with E-state index in [1.807, 2.05) is 0 Å². The standard InChI is InChI=1S/C14H16N2O5/c1-7-11(13(19)21-3)12(15-14(20)16(7)2)8-4-5-9(17)10(18)6-8/h4-6,12,17-18H,1-3H3,(H,15,20)/t12-/m1/s1. The van der Waals surface area contributed by atoms with Gasteiger partial charge in [0.1, 0.15) is 0 Å². The van der Waals surface area contributed by atoms with E-state index in [4.69, 9.17) is 4.74 Å². The first-order chi connectivity index (χ1) is 9.86. The van der Waals surface area contributed by atoms with E-state index >= 15 is 0 Å². The minimum atomic E-state index is -0.757. The van der Waals surface area contributed by atoms with Crippen molar-refractivity contribution >= 4 is 12.0 Å². The molecule has 0 spiro atoms. The van der Waals surface area contributed by atoms with Crippen LogP contribution < -0.4 is 5.32 Å². The van der Waals surface area contributed by atoms with Gasteiger partial charge in [-0.3, -0.25) is 0 Å². The summed E-state index contributed by atoms with van der Waals surface area (Å²) in [6.07, 6.45) is 0. The molecular formula is C14H16N2O5. The largest absolute Gasteiger partial charge is 0.504 e. The first-order valence-corrected chi connectivity index (χ1v) is 6.22. The van der Waals surface area contributed by atoms with Gasteiger partial charge >= 0.3 is 12.0 Å². The van der Waals surface area contributed by atoms with Gasteiger partial charge < -0.3 is 25.2 Å². The number of carbonyl (C=O) groups excluding carboxylic acids is 2. The van der Waals surface area contributed by atoms with Crippen LogP contribution in [-0.2, 0) is 9.53 Å². The molecule has 0 fully saturated rings. The maximum Gasteiger partial charge on any atom is 0.337 e. The number of rotatable bonds is 2. The molecule has 7 heteroatoms. The zero-order valence-electron chi connectivity index (χ0n) is 11.9. The van der Waals surface area contributed by atoms with Gasteiger partial charge in [0, 0.05) is 12.7 Å². The minimum absolute atomic E-state index is 0.268. The van der Waals surface area contributed by atoms with Crippen LogP contribution in [0.5, 0.6) is 11.5 Å². The van der Waals surface area contributed by atoms with Crippen LogP contribution in [-0.4, -0.2) is 41.3 Å². The Labute approximate surface area is 121 Å². The summed E-state index contributed by atoms with van der Waals surface area (Å²) in [4.78, 5) is 25.2. The first-order valence-electron chi connectivity index (χ1n) is 6.22. The molecule has 0 aromatic heterocycles. The van der Waals surface area contributed by atoms with E-state index in [1.165, 1.54) is 37.3 Å². The van der Waals surface area contributed by atoms with Crippen molar-refractivity contribution in [2.24, 2.45) is 0 Å². The van der Waals surface area contributed by atoms with Crippen LogP contribution in [0, 0.1) is 0 Å². The molecule has 0 bridgehead atoms. The molecule has 0 aliphatic carbocycles. The number of carbonyl (C=O) groups is 2. The second-order valence-corrected chi connectivity index (χ2v) is 4.68. The normalized spacial score (nSPS) is 18.5. The smallest absolute Gasteiger partial charge is 0.337 e. The molecule has 1 aliphatic rings. The highest BCUT2D eigenvalue weighted by Crippen LogP contribution is 2.34. The summed E-state index contributed by atoms with van der Waals surface area (Å²) >= 11 is 0. The Hall–Kier alpha value is -2.70. The number of hydrogen-bond acceptors (Lipinski definition) is 5. The van der Waals surface area contributed by atoms with Gasteiger partial charge in [-0.25, -0.2) is 9.59 Å². The Bertz CT molecular complexity index is 638. The van der Waals surface area contributed by atoms with Crippen LogP contribution in [0.4, 0.5) is 4.79 Å². The van der Waals surface area contributed by atoms with Crippen molar-refractivity contribution in [3.8, 4) is 11.5 Å². The van der Waals surface area contributed by atoms with Crippen molar-refractivity contribution < 1.29 is 24.5 Å². The number of urea groups is 1. The highest BCUT2D eigenvalue weighted by Gasteiger charge is 2.34. The fraction of sp³-hybridized carbons (Fsp3) is 0.286. The van der Waals surface area contributed by atoms with Crippen molar-refractivity contribution in [2.75, 3.05) is 14.2 Å². The number of nitrogens with one attached hydrogen (secondary N) is 1. The number of nitrogens with zero attached hydrogens (tertiary/aromatic N) is 1. The van der Waals surface area contributed by atoms with Gasteiger partial charge in [-0.15, -0.1) is 0 Å². The van der Waals surface area contributed by atoms with Gasteiger partial charge in [0.2, 0.25) is 0 Å². The molecule has 2 amide bonds. The number of allylic oxidation sites excluding steroid dienone is 1. The first kappa shape index (κ1) is 14.7. The second kappa shape index (κ2) is 5.35. The molecular weight excluding hydrogens is 276 g/mol. The van der Waals surface area contributed by atoms with Crippen molar-refractivity contribution in [2.45, 2.75) is 13.0 Å². The third-order valence-corrected chi connectivity index (χ3v) is 3.49. The fourth-order valence-electron chi connectivity index (χ4n) is 2.18. The number of amides is 2. The number of phenolic OH excluding ortho intramolecular Hbond substituents is 2. The highest BCUT2D eigenvalue weighted by atomic mass is 16.5. The summed E-state index contributed by atoms with van der Waals surface area (Å²) < 4.78 is 4.76. The molecule has 0 radical (unpaired) electrons. The lowest BCUT2D eigenvalue weighted by Crippen LogP contribution is -2.46. The van der Waals surface area contributed by atoms with E-state index in [0.29, 0.717) is 11.3 Å². The quantitative estimate of drug-likeness (QED) is 0.562. The molecule has 0 unspecified atom stereocenters. The molecule has 21 heavy (non-hydrogen) atoms. The van der Waals surface area contributed by atoms with Gasteiger partial charge in [0.25, 0.3) is 0 Å². The number of aromatic hydroxyl groups is 2. The average Bonchev–Trinajstić information content (AvgIpc) is 2.46. The molecule has 3 N–H and O–H groups in total.